The highest BCUT2D eigenvalue weighted by atomic mass is 16.3. The number of aryl methyl sites for hydroxylation is 1. The van der Waals surface area contributed by atoms with Crippen molar-refractivity contribution in [1.82, 2.24) is 4.98 Å². The van der Waals surface area contributed by atoms with E-state index in [1.165, 1.54) is 0 Å². The molecular formula is C16H12N2O. The molecule has 19 heavy (non-hydrogen) atoms. The zero-order chi connectivity index (χ0) is 13.2. The lowest BCUT2D eigenvalue weighted by atomic mass is 10.1. The van der Waals surface area contributed by atoms with Gasteiger partial charge >= 0.3 is 0 Å². The lowest BCUT2D eigenvalue weighted by Crippen LogP contribution is -1.88. The highest BCUT2D eigenvalue weighted by molar-refractivity contribution is 5.83. The molecule has 2 heterocycles. The third-order valence-corrected chi connectivity index (χ3v) is 3.25. The Balaban J connectivity index is 2.06. The topological polar surface area (TPSA) is 49.8 Å². The first-order valence-electron chi connectivity index (χ1n) is 6.09. The number of pyridine rings is 1. The molecule has 3 rings (SSSR count). The second-order valence-corrected chi connectivity index (χ2v) is 4.51. The summed E-state index contributed by atoms with van der Waals surface area (Å²) in [5.41, 5.74) is 3.70. The van der Waals surface area contributed by atoms with Crippen LogP contribution in [0, 0.1) is 18.3 Å². The molecule has 0 fully saturated rings. The molecule has 0 aliphatic heterocycles. The van der Waals surface area contributed by atoms with Gasteiger partial charge in [-0.15, -0.1) is 0 Å². The first kappa shape index (κ1) is 11.5. The predicted molar refractivity (Wildman–Crippen MR) is 72.7 cm³/mol. The van der Waals surface area contributed by atoms with Crippen molar-refractivity contribution in [2.45, 2.75) is 13.3 Å². The van der Waals surface area contributed by atoms with Crippen LogP contribution in [-0.2, 0) is 6.42 Å². The minimum Gasteiger partial charge on any atom is -0.460 e. The highest BCUT2D eigenvalue weighted by Crippen LogP contribution is 2.27. The summed E-state index contributed by atoms with van der Waals surface area (Å²) in [6.07, 6.45) is 4.32. The van der Waals surface area contributed by atoms with Gasteiger partial charge in [0.05, 0.1) is 11.6 Å². The van der Waals surface area contributed by atoms with Crippen LogP contribution in [-0.4, -0.2) is 4.98 Å². The molecule has 0 saturated carbocycles. The van der Waals surface area contributed by atoms with Crippen molar-refractivity contribution in [1.29, 1.82) is 5.26 Å². The van der Waals surface area contributed by atoms with Crippen molar-refractivity contribution in [3.8, 4) is 6.07 Å². The normalized spacial score (nSPS) is 10.5. The first-order valence-corrected chi connectivity index (χ1v) is 6.09. The maximum Gasteiger partial charge on any atom is 0.134 e. The zero-order valence-electron chi connectivity index (χ0n) is 10.6. The van der Waals surface area contributed by atoms with Crippen LogP contribution < -0.4 is 0 Å². The fourth-order valence-electron chi connectivity index (χ4n) is 2.20. The Morgan fingerprint density at radius 1 is 1.32 bits per heavy atom. The second kappa shape index (κ2) is 4.58. The molecule has 3 nitrogen and oxygen atoms in total. The maximum atomic E-state index is 8.94. The summed E-state index contributed by atoms with van der Waals surface area (Å²) in [7, 11) is 0. The Labute approximate surface area is 111 Å². The molecule has 0 unspecified atom stereocenters. The van der Waals surface area contributed by atoms with E-state index in [1.54, 1.807) is 12.3 Å². The predicted octanol–water partition coefficient (Wildman–Crippen LogP) is 3.60. The number of hydrogen-bond donors (Lipinski definition) is 0. The van der Waals surface area contributed by atoms with E-state index in [9.17, 15) is 0 Å². The Hall–Kier alpha value is -2.60. The molecule has 0 bridgehead atoms. The lowest BCUT2D eigenvalue weighted by molar-refractivity contribution is 0.559. The van der Waals surface area contributed by atoms with E-state index in [1.807, 2.05) is 37.4 Å². The molecule has 92 valence electrons. The number of fused-ring (bicyclic) bond motifs is 1. The molecule has 0 saturated heterocycles. The summed E-state index contributed by atoms with van der Waals surface area (Å²) in [5.74, 6) is 0.929. The summed E-state index contributed by atoms with van der Waals surface area (Å²) in [4.78, 5) is 4.11. The average molecular weight is 248 g/mol. The number of benzene rings is 1. The van der Waals surface area contributed by atoms with Gasteiger partial charge in [0, 0.05) is 24.2 Å². The van der Waals surface area contributed by atoms with Crippen LogP contribution >= 0.6 is 0 Å². The number of rotatable bonds is 2. The molecule has 3 aromatic rings. The Kier molecular flexibility index (Phi) is 2.77. The summed E-state index contributed by atoms with van der Waals surface area (Å²) >= 11 is 0. The number of aromatic nitrogens is 1. The van der Waals surface area contributed by atoms with Gasteiger partial charge in [0.25, 0.3) is 0 Å². The van der Waals surface area contributed by atoms with Crippen LogP contribution in [0.15, 0.2) is 47.1 Å². The summed E-state index contributed by atoms with van der Waals surface area (Å²) in [6, 6.07) is 11.6. The van der Waals surface area contributed by atoms with Crippen LogP contribution in [0.4, 0.5) is 0 Å². The Bertz CT molecular complexity index is 767. The van der Waals surface area contributed by atoms with Crippen molar-refractivity contribution in [2.24, 2.45) is 0 Å². The number of hydrogen-bond acceptors (Lipinski definition) is 3. The molecule has 0 spiro atoms. The molecule has 1 aromatic carbocycles. The van der Waals surface area contributed by atoms with E-state index in [2.05, 4.69) is 11.1 Å². The second-order valence-electron chi connectivity index (χ2n) is 4.51. The SMILES string of the molecule is Cc1c(Cc2cccnc2)oc2ccc(C#N)cc12. The summed E-state index contributed by atoms with van der Waals surface area (Å²) in [6.45, 7) is 2.03. The minimum absolute atomic E-state index is 0.657. The van der Waals surface area contributed by atoms with Crippen molar-refractivity contribution in [3.63, 3.8) is 0 Å². The van der Waals surface area contributed by atoms with E-state index in [0.29, 0.717) is 5.56 Å². The highest BCUT2D eigenvalue weighted by Gasteiger charge is 2.11. The fraction of sp³-hybridized carbons (Fsp3) is 0.125. The van der Waals surface area contributed by atoms with Crippen LogP contribution in [0.5, 0.6) is 0 Å². The van der Waals surface area contributed by atoms with Gasteiger partial charge in [0.15, 0.2) is 0 Å². The van der Waals surface area contributed by atoms with Gasteiger partial charge in [-0.25, -0.2) is 0 Å². The van der Waals surface area contributed by atoms with Crippen LogP contribution in [0.2, 0.25) is 0 Å². The number of furan rings is 1. The molecule has 3 heteroatoms. The van der Waals surface area contributed by atoms with Crippen molar-refractivity contribution in [3.05, 3.63) is 65.2 Å². The molecule has 0 radical (unpaired) electrons. The summed E-state index contributed by atoms with van der Waals surface area (Å²) < 4.78 is 5.87. The third-order valence-electron chi connectivity index (χ3n) is 3.25. The quantitative estimate of drug-likeness (QED) is 0.696. The lowest BCUT2D eigenvalue weighted by Gasteiger charge is -1.98. The molecule has 0 aliphatic carbocycles. The molecule has 0 aliphatic rings. The largest absolute Gasteiger partial charge is 0.460 e. The van der Waals surface area contributed by atoms with Crippen LogP contribution in [0.25, 0.3) is 11.0 Å². The van der Waals surface area contributed by atoms with E-state index in [4.69, 9.17) is 9.68 Å². The van der Waals surface area contributed by atoms with E-state index >= 15 is 0 Å². The molecule has 2 aromatic heterocycles. The van der Waals surface area contributed by atoms with Crippen LogP contribution in [0.1, 0.15) is 22.5 Å². The Morgan fingerprint density at radius 3 is 2.95 bits per heavy atom. The maximum absolute atomic E-state index is 8.94. The number of nitriles is 1. The van der Waals surface area contributed by atoms with Gasteiger partial charge < -0.3 is 4.42 Å². The van der Waals surface area contributed by atoms with Crippen molar-refractivity contribution in [2.75, 3.05) is 0 Å². The zero-order valence-corrected chi connectivity index (χ0v) is 10.6. The van der Waals surface area contributed by atoms with E-state index in [0.717, 1.165) is 34.3 Å². The monoisotopic (exact) mass is 248 g/mol. The van der Waals surface area contributed by atoms with Gasteiger partial charge in [-0.05, 0) is 42.3 Å². The third kappa shape index (κ3) is 2.09. The smallest absolute Gasteiger partial charge is 0.134 e. The van der Waals surface area contributed by atoms with Gasteiger partial charge in [0.2, 0.25) is 0 Å². The molecule has 0 atom stereocenters. The number of nitrogens with zero attached hydrogens (tertiary/aromatic N) is 2. The van der Waals surface area contributed by atoms with Crippen molar-refractivity contribution < 1.29 is 4.42 Å². The standard InChI is InChI=1S/C16H12N2O/c1-11-14-7-12(9-17)4-5-15(14)19-16(11)8-13-3-2-6-18-10-13/h2-7,10H,8H2,1H3. The molecular weight excluding hydrogens is 236 g/mol. The van der Waals surface area contributed by atoms with E-state index in [-0.39, 0.29) is 0 Å². The average Bonchev–Trinajstić information content (AvgIpc) is 2.76. The molecule has 0 N–H and O–H groups in total. The first-order chi connectivity index (χ1) is 9.28. The fourth-order valence-corrected chi connectivity index (χ4v) is 2.20. The Morgan fingerprint density at radius 2 is 2.21 bits per heavy atom. The van der Waals surface area contributed by atoms with Crippen molar-refractivity contribution >= 4 is 11.0 Å². The van der Waals surface area contributed by atoms with Gasteiger partial charge in [0.1, 0.15) is 11.3 Å². The van der Waals surface area contributed by atoms with Crippen LogP contribution in [0.3, 0.4) is 0 Å². The van der Waals surface area contributed by atoms with Gasteiger partial charge in [-0.2, -0.15) is 5.26 Å². The van der Waals surface area contributed by atoms with Gasteiger partial charge in [-0.1, -0.05) is 6.07 Å². The molecule has 0 amide bonds. The van der Waals surface area contributed by atoms with Gasteiger partial charge in [-0.3, -0.25) is 4.98 Å². The summed E-state index contributed by atoms with van der Waals surface area (Å²) in [5, 5.41) is 9.95. The minimum atomic E-state index is 0.657. The van der Waals surface area contributed by atoms with E-state index < -0.39 is 0 Å².